The van der Waals surface area contributed by atoms with Gasteiger partial charge in [-0.1, -0.05) is 23.7 Å². The number of methoxy groups -OCH3 is 1. The number of hydrogen-bond acceptors (Lipinski definition) is 6. The number of nitrogens with one attached hydrogen (secondary N) is 2. The summed E-state index contributed by atoms with van der Waals surface area (Å²) in [6, 6.07) is 17.8. The number of rotatable bonds is 7. The molecule has 0 aliphatic carbocycles. The lowest BCUT2D eigenvalue weighted by molar-refractivity contribution is -0.115. The monoisotopic (exact) mass is 462 g/mol. The molecule has 0 radical (unpaired) electrons. The van der Waals surface area contributed by atoms with Crippen molar-refractivity contribution >= 4 is 35.3 Å². The smallest absolute Gasteiger partial charge is 0.271 e. The van der Waals surface area contributed by atoms with Crippen LogP contribution in [0.15, 0.2) is 65.8 Å². The van der Waals surface area contributed by atoms with Crippen LogP contribution in [-0.4, -0.2) is 30.2 Å². The van der Waals surface area contributed by atoms with Crippen LogP contribution < -0.4 is 15.5 Å². The maximum absolute atomic E-state index is 12.3. The van der Waals surface area contributed by atoms with Crippen molar-refractivity contribution in [3.8, 4) is 17.6 Å². The first kappa shape index (κ1) is 23.3. The first-order valence-corrected chi connectivity index (χ1v) is 10.1. The standard InChI is InChI=1S/C24H19ClN4O4/c1-33-22-12-20(28-23(31)10-15-3-2-4-19(25)9-15)7-5-17(22)14-27-29-24(32)16-6-8-21(30)18(11-16)13-26/h2-9,11-12,14,30H,10H2,1H3,(H,28,31)(H,29,32)/b27-14+. The minimum absolute atomic E-state index is 0.0127. The molecule has 0 atom stereocenters. The van der Waals surface area contributed by atoms with Crippen LogP contribution in [0.1, 0.15) is 27.0 Å². The van der Waals surface area contributed by atoms with Gasteiger partial charge in [-0.25, -0.2) is 5.43 Å². The largest absolute Gasteiger partial charge is 0.507 e. The molecule has 0 unspecified atom stereocenters. The lowest BCUT2D eigenvalue weighted by Crippen LogP contribution is -2.17. The van der Waals surface area contributed by atoms with Gasteiger partial charge in [-0.2, -0.15) is 10.4 Å². The number of amides is 2. The van der Waals surface area contributed by atoms with E-state index in [1.165, 1.54) is 31.5 Å². The van der Waals surface area contributed by atoms with Crippen molar-refractivity contribution in [3.63, 3.8) is 0 Å². The second-order valence-corrected chi connectivity index (χ2v) is 7.29. The number of phenolic OH excluding ortho intramolecular Hbond substituents is 1. The molecule has 33 heavy (non-hydrogen) atoms. The summed E-state index contributed by atoms with van der Waals surface area (Å²) in [5, 5.41) is 25.8. The molecule has 2 amide bonds. The minimum Gasteiger partial charge on any atom is -0.507 e. The molecular weight excluding hydrogens is 444 g/mol. The van der Waals surface area contributed by atoms with Crippen LogP contribution in [0.2, 0.25) is 5.02 Å². The van der Waals surface area contributed by atoms with Gasteiger partial charge < -0.3 is 15.2 Å². The third-order valence-corrected chi connectivity index (χ3v) is 4.75. The SMILES string of the molecule is COc1cc(NC(=O)Cc2cccc(Cl)c2)ccc1/C=N/NC(=O)c1ccc(O)c(C#N)c1. The van der Waals surface area contributed by atoms with Crippen molar-refractivity contribution in [2.75, 3.05) is 12.4 Å². The van der Waals surface area contributed by atoms with E-state index in [0.29, 0.717) is 22.0 Å². The van der Waals surface area contributed by atoms with Gasteiger partial charge >= 0.3 is 0 Å². The van der Waals surface area contributed by atoms with Crippen LogP contribution in [0.25, 0.3) is 0 Å². The van der Waals surface area contributed by atoms with Crippen LogP contribution in [0, 0.1) is 11.3 Å². The lowest BCUT2D eigenvalue weighted by atomic mass is 10.1. The number of hydrazone groups is 1. The van der Waals surface area contributed by atoms with Crippen molar-refractivity contribution < 1.29 is 19.4 Å². The van der Waals surface area contributed by atoms with E-state index >= 15 is 0 Å². The molecule has 3 N–H and O–H groups in total. The second-order valence-electron chi connectivity index (χ2n) is 6.85. The normalized spacial score (nSPS) is 10.5. The zero-order chi connectivity index (χ0) is 23.8. The van der Waals surface area contributed by atoms with Crippen LogP contribution in [0.3, 0.4) is 0 Å². The summed E-state index contributed by atoms with van der Waals surface area (Å²) in [7, 11) is 1.47. The lowest BCUT2D eigenvalue weighted by Gasteiger charge is -2.10. The fraction of sp³-hybridized carbons (Fsp3) is 0.0833. The summed E-state index contributed by atoms with van der Waals surface area (Å²) in [5.74, 6) is -0.530. The van der Waals surface area contributed by atoms with Gasteiger partial charge in [0, 0.05) is 27.9 Å². The molecule has 0 aliphatic rings. The van der Waals surface area contributed by atoms with Gasteiger partial charge in [0.2, 0.25) is 5.91 Å². The van der Waals surface area contributed by atoms with E-state index in [4.69, 9.17) is 21.6 Å². The number of anilines is 1. The fourth-order valence-electron chi connectivity index (χ4n) is 2.92. The van der Waals surface area contributed by atoms with E-state index in [1.54, 1.807) is 42.5 Å². The molecular formula is C24H19ClN4O4. The second kappa shape index (κ2) is 10.8. The molecule has 0 aliphatic heterocycles. The number of phenols is 1. The number of aromatic hydroxyl groups is 1. The summed E-state index contributed by atoms with van der Waals surface area (Å²) in [6.07, 6.45) is 1.56. The topological polar surface area (TPSA) is 124 Å². The maximum Gasteiger partial charge on any atom is 0.271 e. The fourth-order valence-corrected chi connectivity index (χ4v) is 3.14. The highest BCUT2D eigenvalue weighted by Gasteiger charge is 2.10. The molecule has 0 saturated carbocycles. The van der Waals surface area contributed by atoms with E-state index < -0.39 is 5.91 Å². The molecule has 8 nitrogen and oxygen atoms in total. The number of nitriles is 1. The average Bonchev–Trinajstić information content (AvgIpc) is 2.80. The zero-order valence-corrected chi connectivity index (χ0v) is 18.3. The van der Waals surface area contributed by atoms with Gasteiger partial charge in [-0.3, -0.25) is 9.59 Å². The number of hydrogen-bond donors (Lipinski definition) is 3. The third-order valence-electron chi connectivity index (χ3n) is 4.52. The molecule has 3 aromatic rings. The maximum atomic E-state index is 12.3. The number of halogens is 1. The van der Waals surface area contributed by atoms with Crippen LogP contribution in [0.5, 0.6) is 11.5 Å². The number of carbonyl (C=O) groups is 2. The van der Waals surface area contributed by atoms with Crippen molar-refractivity contribution in [3.05, 3.63) is 87.9 Å². The van der Waals surface area contributed by atoms with E-state index in [1.807, 2.05) is 6.07 Å². The highest BCUT2D eigenvalue weighted by atomic mass is 35.5. The highest BCUT2D eigenvalue weighted by molar-refractivity contribution is 6.30. The Bertz CT molecular complexity index is 1270. The van der Waals surface area contributed by atoms with Crippen LogP contribution in [-0.2, 0) is 11.2 Å². The predicted molar refractivity (Wildman–Crippen MR) is 125 cm³/mol. The van der Waals surface area contributed by atoms with Crippen molar-refractivity contribution in [1.29, 1.82) is 5.26 Å². The Kier molecular flexibility index (Phi) is 7.63. The van der Waals surface area contributed by atoms with Gasteiger partial charge in [0.1, 0.15) is 17.6 Å². The minimum atomic E-state index is -0.549. The summed E-state index contributed by atoms with van der Waals surface area (Å²) >= 11 is 5.95. The van der Waals surface area contributed by atoms with Gasteiger partial charge in [0.05, 0.1) is 25.3 Å². The Morgan fingerprint density at radius 2 is 2.00 bits per heavy atom. The van der Waals surface area contributed by atoms with Gasteiger partial charge in [-0.15, -0.1) is 0 Å². The number of nitrogens with zero attached hydrogens (tertiary/aromatic N) is 2. The molecule has 9 heteroatoms. The summed E-state index contributed by atoms with van der Waals surface area (Å²) < 4.78 is 5.35. The highest BCUT2D eigenvalue weighted by Crippen LogP contribution is 2.22. The molecule has 166 valence electrons. The Morgan fingerprint density at radius 1 is 1.18 bits per heavy atom. The van der Waals surface area contributed by atoms with E-state index in [0.717, 1.165) is 5.56 Å². The van der Waals surface area contributed by atoms with Crippen LogP contribution in [0.4, 0.5) is 5.69 Å². The number of carbonyl (C=O) groups excluding carboxylic acids is 2. The third kappa shape index (κ3) is 6.32. The van der Waals surface area contributed by atoms with E-state index in [2.05, 4.69) is 15.8 Å². The van der Waals surface area contributed by atoms with Gasteiger partial charge in [0.15, 0.2) is 0 Å². The summed E-state index contributed by atoms with van der Waals surface area (Å²) in [4.78, 5) is 24.5. The molecule has 3 rings (SSSR count). The van der Waals surface area contributed by atoms with Crippen molar-refractivity contribution in [2.45, 2.75) is 6.42 Å². The predicted octanol–water partition coefficient (Wildman–Crippen LogP) is 3.87. The van der Waals surface area contributed by atoms with E-state index in [9.17, 15) is 14.7 Å². The summed E-state index contributed by atoms with van der Waals surface area (Å²) in [5.41, 5.74) is 4.40. The number of ether oxygens (including phenoxy) is 1. The molecule has 0 heterocycles. The zero-order valence-electron chi connectivity index (χ0n) is 17.5. The Balaban J connectivity index is 1.64. The average molecular weight is 463 g/mol. The molecule has 0 fully saturated rings. The Morgan fingerprint density at radius 3 is 2.73 bits per heavy atom. The first-order chi connectivity index (χ1) is 15.9. The van der Waals surface area contributed by atoms with E-state index in [-0.39, 0.29) is 29.2 Å². The van der Waals surface area contributed by atoms with Gasteiger partial charge in [-0.05, 0) is 48.0 Å². The molecule has 0 bridgehead atoms. The quantitative estimate of drug-likeness (QED) is 0.363. The molecule has 3 aromatic carbocycles. The molecule has 0 saturated heterocycles. The Hall–Kier alpha value is -4.35. The van der Waals surface area contributed by atoms with Crippen molar-refractivity contribution in [1.82, 2.24) is 5.43 Å². The van der Waals surface area contributed by atoms with Gasteiger partial charge in [0.25, 0.3) is 5.91 Å². The number of benzene rings is 3. The van der Waals surface area contributed by atoms with Crippen molar-refractivity contribution in [2.24, 2.45) is 5.10 Å². The molecule has 0 spiro atoms. The summed E-state index contributed by atoms with van der Waals surface area (Å²) in [6.45, 7) is 0. The molecule has 0 aromatic heterocycles. The Labute approximate surface area is 195 Å². The van der Waals surface area contributed by atoms with Crippen LogP contribution >= 0.6 is 11.6 Å². The first-order valence-electron chi connectivity index (χ1n) is 9.68.